The van der Waals surface area contributed by atoms with Crippen molar-refractivity contribution in [3.63, 3.8) is 0 Å². The third-order valence-electron chi connectivity index (χ3n) is 7.18. The predicted molar refractivity (Wildman–Crippen MR) is 169 cm³/mol. The highest BCUT2D eigenvalue weighted by Crippen LogP contribution is 2.30. The van der Waals surface area contributed by atoms with Crippen LogP contribution < -0.4 is 10.6 Å². The molecule has 0 heterocycles. The molecule has 8 nitrogen and oxygen atoms in total. The summed E-state index contributed by atoms with van der Waals surface area (Å²) in [5, 5.41) is 17.5. The number of benzene rings is 4. The van der Waals surface area contributed by atoms with E-state index in [1.807, 2.05) is 74.5 Å². The summed E-state index contributed by atoms with van der Waals surface area (Å²) in [5.41, 5.74) is 2.96. The molecule has 0 aromatic heterocycles. The topological polar surface area (TPSA) is 108 Å². The molecule has 0 aliphatic rings. The van der Waals surface area contributed by atoms with Crippen LogP contribution in [0.15, 0.2) is 84.9 Å². The monoisotopic (exact) mass is 581 g/mol. The normalized spacial score (nSPS) is 12.7. The number of alkyl carbamates (subject to hydrolysis) is 1. The zero-order chi connectivity index (χ0) is 31.3. The van der Waals surface area contributed by atoms with Crippen molar-refractivity contribution in [2.75, 3.05) is 12.4 Å². The van der Waals surface area contributed by atoms with Crippen molar-refractivity contribution in [2.45, 2.75) is 58.7 Å². The number of aromatic hydroxyl groups is 1. The number of aryl methyl sites for hydroxylation is 2. The summed E-state index contributed by atoms with van der Waals surface area (Å²) in [6, 6.07) is 23.6. The molecule has 0 fully saturated rings. The lowest BCUT2D eigenvalue weighted by Crippen LogP contribution is -2.52. The SMILES string of the molecule is Cc1cccc(C)c1C(C(=O)Nc1ccc2ccccc2c1)N(C)C(=O)C(Cc1ccc(O)cc1)NC(=O)OC(C)(C)C. The number of nitrogens with one attached hydrogen (secondary N) is 2. The van der Waals surface area contributed by atoms with Gasteiger partial charge < -0.3 is 25.4 Å². The highest BCUT2D eigenvalue weighted by molar-refractivity contribution is 6.00. The lowest BCUT2D eigenvalue weighted by atomic mass is 9.93. The van der Waals surface area contributed by atoms with Crippen molar-refractivity contribution in [3.8, 4) is 5.75 Å². The van der Waals surface area contributed by atoms with Gasteiger partial charge in [0, 0.05) is 19.2 Å². The molecule has 0 saturated heterocycles. The number of likely N-dealkylation sites (N-methyl/N-ethyl adjacent to an activating group) is 1. The number of hydrogen-bond acceptors (Lipinski definition) is 5. The van der Waals surface area contributed by atoms with E-state index in [1.54, 1.807) is 40.0 Å². The van der Waals surface area contributed by atoms with Gasteiger partial charge in [-0.2, -0.15) is 0 Å². The molecule has 4 rings (SSSR count). The van der Waals surface area contributed by atoms with Crippen molar-refractivity contribution in [1.29, 1.82) is 0 Å². The minimum Gasteiger partial charge on any atom is -0.508 e. The summed E-state index contributed by atoms with van der Waals surface area (Å²) in [6.07, 6.45) is -0.628. The highest BCUT2D eigenvalue weighted by Gasteiger charge is 2.35. The van der Waals surface area contributed by atoms with Gasteiger partial charge in [-0.25, -0.2) is 4.79 Å². The number of hydrogen-bond donors (Lipinski definition) is 3. The number of anilines is 1. The number of ether oxygens (including phenoxy) is 1. The molecular weight excluding hydrogens is 542 g/mol. The molecule has 3 N–H and O–H groups in total. The van der Waals surface area contributed by atoms with Gasteiger partial charge in [0.25, 0.3) is 5.91 Å². The fraction of sp³-hybridized carbons (Fsp3) is 0.286. The molecule has 0 aliphatic heterocycles. The van der Waals surface area contributed by atoms with Gasteiger partial charge in [0.2, 0.25) is 5.91 Å². The van der Waals surface area contributed by atoms with E-state index in [0.717, 1.165) is 21.9 Å². The quantitative estimate of drug-likeness (QED) is 0.222. The van der Waals surface area contributed by atoms with E-state index in [4.69, 9.17) is 4.74 Å². The zero-order valence-corrected chi connectivity index (χ0v) is 25.5. The Morgan fingerprint density at radius 3 is 2.12 bits per heavy atom. The summed E-state index contributed by atoms with van der Waals surface area (Å²) in [5.74, 6) is -0.770. The Hall–Kier alpha value is -4.85. The lowest BCUT2D eigenvalue weighted by Gasteiger charge is -2.33. The second-order valence-electron chi connectivity index (χ2n) is 11.8. The zero-order valence-electron chi connectivity index (χ0n) is 25.5. The first-order chi connectivity index (χ1) is 20.3. The number of carbonyl (C=O) groups is 3. The van der Waals surface area contributed by atoms with Crippen LogP contribution in [0, 0.1) is 13.8 Å². The first-order valence-corrected chi connectivity index (χ1v) is 14.2. The van der Waals surface area contributed by atoms with E-state index in [1.165, 1.54) is 17.0 Å². The van der Waals surface area contributed by atoms with Gasteiger partial charge in [-0.1, -0.05) is 60.7 Å². The van der Waals surface area contributed by atoms with Crippen molar-refractivity contribution in [1.82, 2.24) is 10.2 Å². The van der Waals surface area contributed by atoms with Crippen molar-refractivity contribution >= 4 is 34.4 Å². The summed E-state index contributed by atoms with van der Waals surface area (Å²) >= 11 is 0. The Morgan fingerprint density at radius 2 is 1.49 bits per heavy atom. The van der Waals surface area contributed by atoms with Crippen molar-refractivity contribution in [2.24, 2.45) is 0 Å². The van der Waals surface area contributed by atoms with Crippen LogP contribution in [0.2, 0.25) is 0 Å². The van der Waals surface area contributed by atoms with Gasteiger partial charge in [-0.15, -0.1) is 0 Å². The van der Waals surface area contributed by atoms with Crippen molar-refractivity contribution in [3.05, 3.63) is 107 Å². The molecular formula is C35H39N3O5. The number of rotatable bonds is 8. The number of carbonyl (C=O) groups excluding carboxylic acids is 3. The van der Waals surface area contributed by atoms with Crippen LogP contribution in [0.25, 0.3) is 10.8 Å². The molecule has 8 heteroatoms. The molecule has 4 aromatic rings. The van der Waals surface area contributed by atoms with Gasteiger partial charge in [0.15, 0.2) is 0 Å². The van der Waals surface area contributed by atoms with E-state index in [-0.39, 0.29) is 18.1 Å². The Labute approximate surface area is 252 Å². The average molecular weight is 582 g/mol. The Kier molecular flexibility index (Phi) is 9.39. The third-order valence-corrected chi connectivity index (χ3v) is 7.18. The summed E-state index contributed by atoms with van der Waals surface area (Å²) in [4.78, 5) is 42.5. The Balaban J connectivity index is 1.70. The van der Waals surface area contributed by atoms with E-state index in [9.17, 15) is 19.5 Å². The predicted octanol–water partition coefficient (Wildman–Crippen LogP) is 6.44. The molecule has 0 radical (unpaired) electrons. The number of phenolic OH excluding ortho intramolecular Hbond substituents is 1. The van der Waals surface area contributed by atoms with Gasteiger partial charge in [0.05, 0.1) is 0 Å². The maximum atomic E-state index is 14.2. The second kappa shape index (κ2) is 13.0. The van der Waals surface area contributed by atoms with Gasteiger partial charge in [-0.3, -0.25) is 9.59 Å². The van der Waals surface area contributed by atoms with Crippen LogP contribution >= 0.6 is 0 Å². The fourth-order valence-electron chi connectivity index (χ4n) is 5.13. The smallest absolute Gasteiger partial charge is 0.408 e. The van der Waals surface area contributed by atoms with E-state index >= 15 is 0 Å². The molecule has 2 unspecified atom stereocenters. The van der Waals surface area contributed by atoms with Crippen molar-refractivity contribution < 1.29 is 24.2 Å². The van der Waals surface area contributed by atoms with Crippen LogP contribution in [0.1, 0.15) is 49.1 Å². The van der Waals surface area contributed by atoms with E-state index < -0.39 is 29.7 Å². The van der Waals surface area contributed by atoms with Crippen LogP contribution in [0.5, 0.6) is 5.75 Å². The number of nitrogens with zero attached hydrogens (tertiary/aromatic N) is 1. The molecule has 4 aromatic carbocycles. The summed E-state index contributed by atoms with van der Waals surface area (Å²) < 4.78 is 5.46. The summed E-state index contributed by atoms with van der Waals surface area (Å²) in [6.45, 7) is 9.03. The second-order valence-corrected chi connectivity index (χ2v) is 11.8. The number of fused-ring (bicyclic) bond motifs is 1. The largest absolute Gasteiger partial charge is 0.508 e. The summed E-state index contributed by atoms with van der Waals surface area (Å²) in [7, 11) is 1.57. The van der Waals surface area contributed by atoms with Crippen LogP contribution in [-0.2, 0) is 20.7 Å². The third kappa shape index (κ3) is 7.92. The lowest BCUT2D eigenvalue weighted by molar-refractivity contribution is -0.139. The molecule has 0 saturated carbocycles. The minimum atomic E-state index is -1.05. The molecule has 3 amide bonds. The van der Waals surface area contributed by atoms with Crippen LogP contribution in [0.3, 0.4) is 0 Å². The molecule has 0 spiro atoms. The minimum absolute atomic E-state index is 0.0873. The maximum Gasteiger partial charge on any atom is 0.408 e. The maximum absolute atomic E-state index is 14.2. The number of phenols is 1. The van der Waals surface area contributed by atoms with Gasteiger partial charge >= 0.3 is 6.09 Å². The molecule has 0 bridgehead atoms. The van der Waals surface area contributed by atoms with Gasteiger partial charge in [0.1, 0.15) is 23.4 Å². The first kappa shape index (κ1) is 31.1. The molecule has 0 aliphatic carbocycles. The molecule has 43 heavy (non-hydrogen) atoms. The molecule has 224 valence electrons. The Bertz CT molecular complexity index is 1600. The number of amides is 3. The Morgan fingerprint density at radius 1 is 0.860 bits per heavy atom. The highest BCUT2D eigenvalue weighted by atomic mass is 16.6. The fourth-order valence-corrected chi connectivity index (χ4v) is 5.13. The van der Waals surface area contributed by atoms with E-state index in [0.29, 0.717) is 16.8 Å². The van der Waals surface area contributed by atoms with E-state index in [2.05, 4.69) is 10.6 Å². The standard InChI is InChI=1S/C35H39N3O5/c1-22-10-9-11-23(2)30(22)31(32(40)36-27-17-16-25-12-7-8-13-26(25)21-27)38(6)33(41)29(37-34(42)43-35(3,4)5)20-24-14-18-28(39)19-15-24/h7-19,21,29,31,39H,20H2,1-6H3,(H,36,40)(H,37,42). The van der Waals surface area contributed by atoms with Gasteiger partial charge in [-0.05, 0) is 91.9 Å². The average Bonchev–Trinajstić information content (AvgIpc) is 2.94. The molecule has 2 atom stereocenters. The van der Waals surface area contributed by atoms with Crippen LogP contribution in [-0.4, -0.2) is 46.6 Å². The van der Waals surface area contributed by atoms with Crippen LogP contribution in [0.4, 0.5) is 10.5 Å². The first-order valence-electron chi connectivity index (χ1n) is 14.2.